The molecule has 1 aliphatic rings. The Labute approximate surface area is 79.7 Å². The van der Waals surface area contributed by atoms with E-state index in [0.717, 1.165) is 0 Å². The first-order valence-corrected chi connectivity index (χ1v) is 3.70. The van der Waals surface area contributed by atoms with Crippen LogP contribution in [0.25, 0.3) is 0 Å². The summed E-state index contributed by atoms with van der Waals surface area (Å²) in [4.78, 5) is 0. The number of quaternary nitrogens is 1. The zero-order chi connectivity index (χ0) is 9.19. The molecule has 1 rings (SSSR count). The number of nitrogens with two attached hydrogens (primary N) is 1. The van der Waals surface area contributed by atoms with Gasteiger partial charge in [0.25, 0.3) is 0 Å². The van der Waals surface area contributed by atoms with E-state index in [0.29, 0.717) is 0 Å². The number of halogens is 4. The maximum Gasteiger partial charge on any atom is 0.522 e. The smallest absolute Gasteiger partial charge is 0.522 e. The summed E-state index contributed by atoms with van der Waals surface area (Å²) >= 11 is 0. The van der Waals surface area contributed by atoms with Crippen molar-refractivity contribution in [2.24, 2.45) is 0 Å². The number of hydrogen-bond donors (Lipinski definition) is 2. The fraction of sp³-hybridized carbons (Fsp3) is 1.00. The molecule has 0 unspecified atom stereocenters. The van der Waals surface area contributed by atoms with Crippen molar-refractivity contribution in [2.75, 3.05) is 13.2 Å². The molecule has 1 fully saturated rings. The molecule has 1 aliphatic heterocycles. The van der Waals surface area contributed by atoms with Crippen LogP contribution in [0.3, 0.4) is 0 Å². The largest absolute Gasteiger partial charge is 1.00 e. The number of alkyl halides is 3. The maximum atomic E-state index is 11.6. The molecule has 0 spiro atoms. The Hall–Kier alpha value is -0.0400. The molecule has 0 bridgehead atoms. The van der Waals surface area contributed by atoms with Crippen LogP contribution < -0.4 is 17.7 Å². The zero-order valence-corrected chi connectivity index (χ0v) is 7.48. The minimum Gasteiger partial charge on any atom is -1.00 e. The van der Waals surface area contributed by atoms with Crippen molar-refractivity contribution < 1.29 is 40.7 Å². The number of ether oxygens (including phenoxy) is 1. The molecule has 3 N–H and O–H groups in total. The molecule has 80 valence electrons. The summed E-state index contributed by atoms with van der Waals surface area (Å²) in [5.74, 6) is 0. The summed E-state index contributed by atoms with van der Waals surface area (Å²) in [7, 11) is 0. The van der Waals surface area contributed by atoms with Crippen LogP contribution in [0.2, 0.25) is 0 Å². The molecule has 3 nitrogen and oxygen atoms in total. The van der Waals surface area contributed by atoms with Gasteiger partial charge in [-0.2, -0.15) is 0 Å². The van der Waals surface area contributed by atoms with E-state index in [-0.39, 0.29) is 38.0 Å². The van der Waals surface area contributed by atoms with E-state index in [1.807, 2.05) is 0 Å². The summed E-state index contributed by atoms with van der Waals surface area (Å²) < 4.78 is 38.7. The number of aliphatic hydroxyl groups is 1. The van der Waals surface area contributed by atoms with Crippen molar-refractivity contribution in [1.29, 1.82) is 0 Å². The van der Waals surface area contributed by atoms with Crippen LogP contribution in [0.15, 0.2) is 0 Å². The normalized spacial score (nSPS) is 28.6. The van der Waals surface area contributed by atoms with E-state index in [2.05, 4.69) is 4.74 Å². The van der Waals surface area contributed by atoms with Crippen molar-refractivity contribution in [1.82, 2.24) is 0 Å². The van der Waals surface area contributed by atoms with Crippen LogP contribution in [-0.4, -0.2) is 36.8 Å². The van der Waals surface area contributed by atoms with E-state index >= 15 is 0 Å². The molecule has 1 heterocycles. The molecule has 0 amide bonds. The van der Waals surface area contributed by atoms with Gasteiger partial charge in [-0.15, -0.1) is 13.2 Å². The van der Waals surface area contributed by atoms with Crippen LogP contribution in [0.4, 0.5) is 13.2 Å². The molecule has 1 saturated heterocycles. The second-order valence-electron chi connectivity index (χ2n) is 2.84. The minimum atomic E-state index is -4.55. The SMILES string of the molecule is OC[C@@H]1C[C@@H](OC(F)(F)F)C[NH2+]1.[Cl-]. The average molecular weight is 222 g/mol. The molecule has 0 aromatic heterocycles. The average Bonchev–Trinajstić information content (AvgIpc) is 2.32. The van der Waals surface area contributed by atoms with E-state index in [1.54, 1.807) is 5.32 Å². The van der Waals surface area contributed by atoms with Gasteiger partial charge in [-0.25, -0.2) is 0 Å². The Morgan fingerprint density at radius 3 is 2.46 bits per heavy atom. The van der Waals surface area contributed by atoms with Crippen molar-refractivity contribution in [3.05, 3.63) is 0 Å². The quantitative estimate of drug-likeness (QED) is 0.503. The summed E-state index contributed by atoms with van der Waals surface area (Å²) in [5, 5.41) is 10.3. The maximum absolute atomic E-state index is 11.6. The van der Waals surface area contributed by atoms with Crippen molar-refractivity contribution in [2.45, 2.75) is 24.9 Å². The summed E-state index contributed by atoms with van der Waals surface area (Å²) in [5.41, 5.74) is 0. The van der Waals surface area contributed by atoms with Gasteiger partial charge in [0.2, 0.25) is 0 Å². The Bertz CT molecular complexity index is 155. The van der Waals surface area contributed by atoms with Gasteiger partial charge >= 0.3 is 6.36 Å². The van der Waals surface area contributed by atoms with Gasteiger partial charge < -0.3 is 22.8 Å². The van der Waals surface area contributed by atoms with E-state index in [4.69, 9.17) is 5.11 Å². The second kappa shape index (κ2) is 4.99. The van der Waals surface area contributed by atoms with Gasteiger partial charge in [-0.05, 0) is 0 Å². The first kappa shape index (κ1) is 13.0. The standard InChI is InChI=1S/C6H10F3NO2.ClH/c7-6(8,9)12-5-1-4(3-11)10-2-5;/h4-5,10-11H,1-3H2;1H/t4-,5+;/m0./s1. The van der Waals surface area contributed by atoms with Gasteiger partial charge in [0.1, 0.15) is 18.7 Å². The van der Waals surface area contributed by atoms with Gasteiger partial charge in [-0.3, -0.25) is 4.74 Å². The van der Waals surface area contributed by atoms with E-state index in [9.17, 15) is 13.2 Å². The third-order valence-electron chi connectivity index (χ3n) is 1.83. The number of hydrogen-bond acceptors (Lipinski definition) is 2. The number of rotatable bonds is 2. The topological polar surface area (TPSA) is 46.1 Å². The molecule has 0 aromatic carbocycles. The van der Waals surface area contributed by atoms with Crippen LogP contribution in [0.1, 0.15) is 6.42 Å². The van der Waals surface area contributed by atoms with Crippen LogP contribution in [0.5, 0.6) is 0 Å². The lowest BCUT2D eigenvalue weighted by Crippen LogP contribution is -3.00. The van der Waals surface area contributed by atoms with Gasteiger partial charge in [0, 0.05) is 6.42 Å². The first-order valence-electron chi connectivity index (χ1n) is 3.70. The van der Waals surface area contributed by atoms with Crippen molar-refractivity contribution >= 4 is 0 Å². The number of aliphatic hydroxyl groups excluding tert-OH is 1. The predicted molar refractivity (Wildman–Crippen MR) is 33.2 cm³/mol. The second-order valence-corrected chi connectivity index (χ2v) is 2.84. The van der Waals surface area contributed by atoms with Crippen LogP contribution in [-0.2, 0) is 4.74 Å². The van der Waals surface area contributed by atoms with Gasteiger partial charge in [-0.1, -0.05) is 0 Å². The summed E-state index contributed by atoms with van der Waals surface area (Å²) in [6, 6.07) is -0.141. The lowest BCUT2D eigenvalue weighted by molar-refractivity contribution is -0.674. The highest BCUT2D eigenvalue weighted by Crippen LogP contribution is 2.21. The van der Waals surface area contributed by atoms with Gasteiger partial charge in [0.15, 0.2) is 0 Å². The highest BCUT2D eigenvalue weighted by Gasteiger charge is 2.38. The lowest BCUT2D eigenvalue weighted by Gasteiger charge is -2.10. The molecule has 7 heteroatoms. The highest BCUT2D eigenvalue weighted by atomic mass is 35.5. The molecular weight excluding hydrogens is 211 g/mol. The minimum absolute atomic E-state index is 0. The van der Waals surface area contributed by atoms with Crippen LogP contribution >= 0.6 is 0 Å². The van der Waals surface area contributed by atoms with E-state index in [1.165, 1.54) is 0 Å². The highest BCUT2D eigenvalue weighted by molar-refractivity contribution is 4.68. The van der Waals surface area contributed by atoms with E-state index < -0.39 is 12.5 Å². The first-order chi connectivity index (χ1) is 5.51. The summed E-state index contributed by atoms with van der Waals surface area (Å²) in [6.45, 7) is 0.169. The fourth-order valence-corrected chi connectivity index (χ4v) is 1.31. The molecule has 0 radical (unpaired) electrons. The monoisotopic (exact) mass is 221 g/mol. The molecule has 0 aliphatic carbocycles. The molecule has 0 saturated carbocycles. The molecule has 0 aromatic rings. The zero-order valence-electron chi connectivity index (χ0n) is 6.72. The Morgan fingerprint density at radius 2 is 2.08 bits per heavy atom. The molecular formula is C6H11ClF3NO2. The Kier molecular flexibility index (Phi) is 4.98. The van der Waals surface area contributed by atoms with Gasteiger partial charge in [0.05, 0.1) is 6.61 Å². The summed E-state index contributed by atoms with van der Waals surface area (Å²) in [6.07, 6.45) is -5.10. The van der Waals surface area contributed by atoms with Crippen molar-refractivity contribution in [3.8, 4) is 0 Å². The molecule has 2 atom stereocenters. The Balaban J connectivity index is 0.00000144. The third-order valence-corrected chi connectivity index (χ3v) is 1.83. The van der Waals surface area contributed by atoms with Crippen LogP contribution in [0, 0.1) is 0 Å². The predicted octanol–water partition coefficient (Wildman–Crippen LogP) is -3.78. The Morgan fingerprint density at radius 1 is 1.46 bits per heavy atom. The molecule has 13 heavy (non-hydrogen) atoms. The lowest BCUT2D eigenvalue weighted by atomic mass is 10.2. The third kappa shape index (κ3) is 4.66. The van der Waals surface area contributed by atoms with Crippen molar-refractivity contribution in [3.63, 3.8) is 0 Å². The fourth-order valence-electron chi connectivity index (χ4n) is 1.31.